The van der Waals surface area contributed by atoms with Crippen LogP contribution in [0.2, 0.25) is 0 Å². The largest absolute Gasteiger partial charge is 0.619 e. The van der Waals surface area contributed by atoms with Crippen LogP contribution in [0.5, 0.6) is 0 Å². The topological polar surface area (TPSA) is 85.1 Å². The van der Waals surface area contributed by atoms with Crippen LogP contribution < -0.4 is 15.4 Å². The molecule has 0 aliphatic carbocycles. The van der Waals surface area contributed by atoms with Crippen LogP contribution in [-0.2, 0) is 6.42 Å². The summed E-state index contributed by atoms with van der Waals surface area (Å²) in [5.41, 5.74) is 2.27. The van der Waals surface area contributed by atoms with Gasteiger partial charge >= 0.3 is 0 Å². The molecule has 6 nitrogen and oxygen atoms in total. The van der Waals surface area contributed by atoms with Crippen molar-refractivity contribution < 1.29 is 14.3 Å². The first-order chi connectivity index (χ1) is 13.1. The highest BCUT2D eigenvalue weighted by Crippen LogP contribution is 2.16. The summed E-state index contributed by atoms with van der Waals surface area (Å²) in [6.07, 6.45) is 3.22. The van der Waals surface area contributed by atoms with Gasteiger partial charge in [0.1, 0.15) is 0 Å². The highest BCUT2D eigenvalue weighted by Gasteiger charge is 2.14. The Labute approximate surface area is 157 Å². The fraction of sp³-hybridized carbons (Fsp3) is 0.0952. The van der Waals surface area contributed by atoms with Gasteiger partial charge in [0, 0.05) is 18.7 Å². The number of amides is 2. The zero-order valence-electron chi connectivity index (χ0n) is 14.6. The molecule has 6 heteroatoms. The predicted octanol–water partition coefficient (Wildman–Crippen LogP) is 2.54. The lowest BCUT2D eigenvalue weighted by atomic mass is 10.1. The summed E-state index contributed by atoms with van der Waals surface area (Å²) in [5, 5.41) is 16.7. The Morgan fingerprint density at radius 1 is 0.852 bits per heavy atom. The van der Waals surface area contributed by atoms with Gasteiger partial charge in [-0.2, -0.15) is 4.73 Å². The van der Waals surface area contributed by atoms with Crippen LogP contribution in [-0.4, -0.2) is 18.4 Å². The molecule has 3 rings (SSSR count). The van der Waals surface area contributed by atoms with Gasteiger partial charge in [-0.15, -0.1) is 0 Å². The highest BCUT2D eigenvalue weighted by atomic mass is 16.5. The number of benzene rings is 2. The molecule has 0 aliphatic heterocycles. The van der Waals surface area contributed by atoms with Crippen LogP contribution in [0.15, 0.2) is 79.1 Å². The Morgan fingerprint density at radius 2 is 1.52 bits per heavy atom. The molecule has 1 aromatic heterocycles. The summed E-state index contributed by atoms with van der Waals surface area (Å²) in [6, 6.07) is 19.5. The first kappa shape index (κ1) is 18.1. The van der Waals surface area contributed by atoms with E-state index in [0.29, 0.717) is 28.1 Å². The molecule has 2 aromatic carbocycles. The molecule has 0 unspecified atom stereocenters. The molecule has 3 aromatic rings. The van der Waals surface area contributed by atoms with E-state index in [9.17, 15) is 14.8 Å². The smallest absolute Gasteiger partial charge is 0.256 e. The van der Waals surface area contributed by atoms with E-state index in [2.05, 4.69) is 10.6 Å². The fourth-order valence-corrected chi connectivity index (χ4v) is 2.61. The van der Waals surface area contributed by atoms with Crippen molar-refractivity contribution in [3.8, 4) is 0 Å². The molecule has 0 saturated heterocycles. The number of para-hydroxylation sites is 1. The summed E-state index contributed by atoms with van der Waals surface area (Å²) < 4.78 is 0.602. The average Bonchev–Trinajstić information content (AvgIpc) is 2.69. The van der Waals surface area contributed by atoms with E-state index in [1.54, 1.807) is 24.3 Å². The first-order valence-electron chi connectivity index (χ1n) is 8.55. The van der Waals surface area contributed by atoms with Crippen molar-refractivity contribution in [2.45, 2.75) is 6.42 Å². The third kappa shape index (κ3) is 4.92. The van der Waals surface area contributed by atoms with Gasteiger partial charge in [-0.1, -0.05) is 42.5 Å². The second kappa shape index (κ2) is 8.62. The maximum Gasteiger partial charge on any atom is 0.256 e. The van der Waals surface area contributed by atoms with Crippen molar-refractivity contribution in [3.05, 3.63) is 101 Å². The third-order valence-electron chi connectivity index (χ3n) is 4.03. The molecule has 2 amide bonds. The predicted molar refractivity (Wildman–Crippen MR) is 102 cm³/mol. The van der Waals surface area contributed by atoms with Crippen LogP contribution in [0.1, 0.15) is 26.3 Å². The number of aromatic nitrogens is 1. The van der Waals surface area contributed by atoms with Crippen molar-refractivity contribution >= 4 is 17.5 Å². The van der Waals surface area contributed by atoms with E-state index in [0.717, 1.165) is 12.0 Å². The molecule has 0 saturated carbocycles. The molecule has 2 N–H and O–H groups in total. The second-order valence-electron chi connectivity index (χ2n) is 5.94. The zero-order valence-corrected chi connectivity index (χ0v) is 14.6. The highest BCUT2D eigenvalue weighted by molar-refractivity contribution is 6.08. The number of pyridine rings is 1. The van der Waals surface area contributed by atoms with E-state index in [4.69, 9.17) is 0 Å². The molecule has 136 valence electrons. The Hall–Kier alpha value is -3.67. The quantitative estimate of drug-likeness (QED) is 0.523. The van der Waals surface area contributed by atoms with Crippen LogP contribution in [0, 0.1) is 5.21 Å². The maximum absolute atomic E-state index is 12.5. The molecule has 1 heterocycles. The molecule has 0 radical (unpaired) electrons. The van der Waals surface area contributed by atoms with Crippen LogP contribution >= 0.6 is 0 Å². The number of hydrogen-bond donors (Lipinski definition) is 2. The van der Waals surface area contributed by atoms with Gasteiger partial charge in [0.15, 0.2) is 12.4 Å². The van der Waals surface area contributed by atoms with Crippen LogP contribution in [0.3, 0.4) is 0 Å². The van der Waals surface area contributed by atoms with Gasteiger partial charge in [0.25, 0.3) is 11.8 Å². The number of rotatable bonds is 6. The molecule has 0 aliphatic rings. The number of nitrogens with one attached hydrogen (secondary N) is 2. The van der Waals surface area contributed by atoms with Crippen LogP contribution in [0.25, 0.3) is 0 Å². The minimum Gasteiger partial charge on any atom is -0.619 e. The third-order valence-corrected chi connectivity index (χ3v) is 4.03. The number of carbonyl (C=O) groups excluding carboxylic acids is 2. The Balaban J connectivity index is 1.65. The lowest BCUT2D eigenvalue weighted by Gasteiger charge is -2.11. The molecule has 0 bridgehead atoms. The minimum absolute atomic E-state index is 0.257. The summed E-state index contributed by atoms with van der Waals surface area (Å²) in [7, 11) is 0. The minimum atomic E-state index is -0.389. The Bertz CT molecular complexity index is 925. The lowest BCUT2D eigenvalue weighted by Crippen LogP contribution is -2.27. The fourth-order valence-electron chi connectivity index (χ4n) is 2.61. The van der Waals surface area contributed by atoms with Crippen molar-refractivity contribution in [2.75, 3.05) is 11.9 Å². The molecule has 0 spiro atoms. The molecular formula is C21H19N3O3. The standard InChI is InChI=1S/C21H19N3O3/c25-20(17-11-14-24(27)15-12-17)23-19-9-5-4-8-18(19)21(26)22-13-10-16-6-2-1-3-7-16/h1-9,11-12,14-15H,10,13H2,(H,22,26)(H,23,25). The molecular weight excluding hydrogens is 342 g/mol. The summed E-state index contributed by atoms with van der Waals surface area (Å²) >= 11 is 0. The van der Waals surface area contributed by atoms with Crippen molar-refractivity contribution in [1.82, 2.24) is 5.32 Å². The molecule has 27 heavy (non-hydrogen) atoms. The van der Waals surface area contributed by atoms with Gasteiger partial charge in [0.05, 0.1) is 16.8 Å². The Kier molecular flexibility index (Phi) is 5.79. The number of hydrogen-bond acceptors (Lipinski definition) is 3. The maximum atomic E-state index is 12.5. The zero-order chi connectivity index (χ0) is 19.1. The van der Waals surface area contributed by atoms with Gasteiger partial charge in [-0.3, -0.25) is 9.59 Å². The summed E-state index contributed by atoms with van der Waals surface area (Å²) in [6.45, 7) is 0.493. The van der Waals surface area contributed by atoms with E-state index >= 15 is 0 Å². The average molecular weight is 361 g/mol. The van der Waals surface area contributed by atoms with E-state index in [1.807, 2.05) is 30.3 Å². The number of nitrogens with zero attached hydrogens (tertiary/aromatic N) is 1. The van der Waals surface area contributed by atoms with Gasteiger partial charge in [-0.25, -0.2) is 0 Å². The van der Waals surface area contributed by atoms with E-state index < -0.39 is 0 Å². The molecule has 0 atom stereocenters. The number of carbonyl (C=O) groups is 2. The van der Waals surface area contributed by atoms with Gasteiger partial charge in [-0.05, 0) is 24.1 Å². The lowest BCUT2D eigenvalue weighted by molar-refractivity contribution is -0.605. The van der Waals surface area contributed by atoms with E-state index in [1.165, 1.54) is 24.5 Å². The normalized spacial score (nSPS) is 10.2. The summed E-state index contributed by atoms with van der Waals surface area (Å²) in [4.78, 5) is 24.9. The SMILES string of the molecule is O=C(Nc1ccccc1C(=O)NCCc1ccccc1)c1cc[n+]([O-])cc1. The summed E-state index contributed by atoms with van der Waals surface area (Å²) in [5.74, 6) is -0.646. The van der Waals surface area contributed by atoms with Gasteiger partial charge < -0.3 is 15.8 Å². The Morgan fingerprint density at radius 3 is 2.26 bits per heavy atom. The van der Waals surface area contributed by atoms with Crippen molar-refractivity contribution in [2.24, 2.45) is 0 Å². The number of anilines is 1. The molecule has 0 fully saturated rings. The van der Waals surface area contributed by atoms with Gasteiger partial charge in [0.2, 0.25) is 0 Å². The van der Waals surface area contributed by atoms with E-state index in [-0.39, 0.29) is 11.8 Å². The van der Waals surface area contributed by atoms with Crippen molar-refractivity contribution in [1.29, 1.82) is 0 Å². The first-order valence-corrected chi connectivity index (χ1v) is 8.55. The van der Waals surface area contributed by atoms with Crippen molar-refractivity contribution in [3.63, 3.8) is 0 Å². The monoisotopic (exact) mass is 361 g/mol. The second-order valence-corrected chi connectivity index (χ2v) is 5.94. The van der Waals surface area contributed by atoms with Crippen LogP contribution in [0.4, 0.5) is 5.69 Å².